The third-order valence-electron chi connectivity index (χ3n) is 7.73. The van der Waals surface area contributed by atoms with Crippen LogP contribution in [0.2, 0.25) is 0 Å². The molecule has 2 amide bonds. The summed E-state index contributed by atoms with van der Waals surface area (Å²) < 4.78 is 11.8. The number of ether oxygens (including phenoxy) is 2. The smallest absolute Gasteiger partial charge is 0.338 e. The van der Waals surface area contributed by atoms with Crippen molar-refractivity contribution in [2.24, 2.45) is 11.3 Å². The van der Waals surface area contributed by atoms with Crippen LogP contribution in [-0.2, 0) is 43.1 Å². The van der Waals surface area contributed by atoms with Crippen molar-refractivity contribution in [1.29, 1.82) is 0 Å². The fourth-order valence-corrected chi connectivity index (χ4v) is 3.99. The zero-order valence-corrected chi connectivity index (χ0v) is 25.7. The van der Waals surface area contributed by atoms with Crippen LogP contribution >= 0.6 is 0 Å². The standard InChI is InChI=1S/C28H48N3O10/c1-8-28(3,27(38)40-20-18-30(4,5)15-12-24(34)35)14-11-21(2)26(37)39-19-17-31(6,7)16-13-25(36)41-29-22(32)9-10-23(29)33/h21H,8-20H2,1-7H3/q+1/p+1. The number of nitrogens with zero attached hydrogens (tertiary/aromatic N) is 3. The van der Waals surface area contributed by atoms with Gasteiger partial charge in [0, 0.05) is 12.8 Å². The summed E-state index contributed by atoms with van der Waals surface area (Å²) in [6, 6.07) is 0. The molecule has 1 N–H and O–H groups in total. The van der Waals surface area contributed by atoms with Crippen molar-refractivity contribution < 1.29 is 57.2 Å². The lowest BCUT2D eigenvalue weighted by molar-refractivity contribution is -0.889. The maximum Gasteiger partial charge on any atom is 0.338 e. The molecule has 0 aromatic heterocycles. The van der Waals surface area contributed by atoms with Gasteiger partial charge in [-0.15, -0.1) is 5.06 Å². The Morgan fingerprint density at radius 1 is 0.902 bits per heavy atom. The molecular weight excluding hydrogens is 538 g/mol. The topological polar surface area (TPSA) is 154 Å². The SMILES string of the molecule is CCC(C)(CCC(C)C(=O)OCC[N+](C)(C)CCC(=O)ON1C(=O)CCC1=O)C(=O)OCC[N+](C)(C)CCC(=O)O. The van der Waals surface area contributed by atoms with Gasteiger partial charge in [0.2, 0.25) is 0 Å². The molecule has 1 aliphatic heterocycles. The van der Waals surface area contributed by atoms with Crippen LogP contribution in [0, 0.1) is 11.3 Å². The van der Waals surface area contributed by atoms with E-state index >= 15 is 0 Å². The van der Waals surface area contributed by atoms with Gasteiger partial charge in [-0.1, -0.05) is 13.8 Å². The van der Waals surface area contributed by atoms with Crippen LogP contribution in [-0.4, -0.2) is 122 Å². The number of hydroxylamine groups is 2. The second-order valence-electron chi connectivity index (χ2n) is 12.4. The molecule has 0 spiro atoms. The van der Waals surface area contributed by atoms with Crippen LogP contribution in [0.4, 0.5) is 0 Å². The van der Waals surface area contributed by atoms with Crippen molar-refractivity contribution in [3.8, 4) is 0 Å². The lowest BCUT2D eigenvalue weighted by Gasteiger charge is -2.31. The molecule has 234 valence electrons. The van der Waals surface area contributed by atoms with Crippen molar-refractivity contribution in [1.82, 2.24) is 5.06 Å². The van der Waals surface area contributed by atoms with Crippen LogP contribution in [0.3, 0.4) is 0 Å². The Labute approximate surface area is 242 Å². The minimum Gasteiger partial charge on any atom is -0.481 e. The number of carbonyl (C=O) groups excluding carboxylic acids is 5. The summed E-state index contributed by atoms with van der Waals surface area (Å²) in [5.41, 5.74) is -0.759. The van der Waals surface area contributed by atoms with E-state index in [1.54, 1.807) is 6.92 Å². The third kappa shape index (κ3) is 13.0. The Balaban J connectivity index is 2.41. The molecule has 0 aliphatic carbocycles. The van der Waals surface area contributed by atoms with E-state index in [2.05, 4.69) is 0 Å². The number of likely N-dealkylation sites (N-methyl/N-ethyl adjacent to an activating group) is 2. The second kappa shape index (κ2) is 15.8. The fraction of sp³-hybridized carbons (Fsp3) is 0.786. The molecule has 0 bridgehead atoms. The Kier molecular flexibility index (Phi) is 13.9. The van der Waals surface area contributed by atoms with Gasteiger partial charge in [0.15, 0.2) is 0 Å². The highest BCUT2D eigenvalue weighted by Gasteiger charge is 2.35. The largest absolute Gasteiger partial charge is 0.481 e. The van der Waals surface area contributed by atoms with Gasteiger partial charge in [-0.3, -0.25) is 24.0 Å². The van der Waals surface area contributed by atoms with E-state index in [-0.39, 0.29) is 50.8 Å². The van der Waals surface area contributed by atoms with Crippen molar-refractivity contribution in [3.63, 3.8) is 0 Å². The maximum atomic E-state index is 12.8. The Morgan fingerprint density at radius 3 is 1.93 bits per heavy atom. The van der Waals surface area contributed by atoms with E-state index in [1.807, 2.05) is 42.0 Å². The lowest BCUT2D eigenvalue weighted by Crippen LogP contribution is -2.45. The predicted octanol–water partition coefficient (Wildman–Crippen LogP) is 1.53. The second-order valence-corrected chi connectivity index (χ2v) is 12.4. The average molecular weight is 588 g/mol. The molecule has 0 aromatic rings. The molecule has 2 unspecified atom stereocenters. The van der Waals surface area contributed by atoms with Gasteiger partial charge in [0.05, 0.1) is 65.5 Å². The van der Waals surface area contributed by atoms with Crippen LogP contribution < -0.4 is 0 Å². The van der Waals surface area contributed by atoms with Crippen molar-refractivity contribution in [3.05, 3.63) is 0 Å². The molecule has 1 aliphatic rings. The average Bonchev–Trinajstić information content (AvgIpc) is 3.21. The molecule has 1 saturated heterocycles. The van der Waals surface area contributed by atoms with E-state index < -0.39 is 35.1 Å². The molecule has 13 heteroatoms. The normalized spacial score (nSPS) is 16.2. The number of quaternary nitrogens is 2. The van der Waals surface area contributed by atoms with Gasteiger partial charge in [-0.25, -0.2) is 4.79 Å². The highest BCUT2D eigenvalue weighted by Crippen LogP contribution is 2.31. The molecule has 0 saturated carbocycles. The Morgan fingerprint density at radius 2 is 1.41 bits per heavy atom. The van der Waals surface area contributed by atoms with E-state index in [9.17, 15) is 28.8 Å². The molecule has 1 heterocycles. The highest BCUT2D eigenvalue weighted by atomic mass is 16.7. The van der Waals surface area contributed by atoms with Gasteiger partial charge in [-0.2, -0.15) is 0 Å². The van der Waals surface area contributed by atoms with Gasteiger partial charge >= 0.3 is 23.9 Å². The number of carboxylic acids is 1. The first kappa shape index (κ1) is 36.0. The van der Waals surface area contributed by atoms with Crippen LogP contribution in [0.1, 0.15) is 65.7 Å². The number of carbonyl (C=O) groups is 6. The zero-order chi connectivity index (χ0) is 31.4. The monoisotopic (exact) mass is 587 g/mol. The summed E-state index contributed by atoms with van der Waals surface area (Å²) >= 11 is 0. The quantitative estimate of drug-likeness (QED) is 0.134. The molecular formula is C28H49N3O10+2. The number of amides is 2. The number of imide groups is 1. The number of hydrogen-bond acceptors (Lipinski definition) is 9. The first-order valence-corrected chi connectivity index (χ1v) is 14.2. The molecule has 41 heavy (non-hydrogen) atoms. The lowest BCUT2D eigenvalue weighted by atomic mass is 9.81. The minimum absolute atomic E-state index is 0.0149. The third-order valence-corrected chi connectivity index (χ3v) is 7.73. The van der Waals surface area contributed by atoms with Gasteiger partial charge < -0.3 is 28.4 Å². The van der Waals surface area contributed by atoms with Gasteiger partial charge in [0.25, 0.3) is 11.8 Å². The number of rotatable bonds is 19. The van der Waals surface area contributed by atoms with E-state index in [0.717, 1.165) is 0 Å². The first-order chi connectivity index (χ1) is 18.9. The van der Waals surface area contributed by atoms with Gasteiger partial charge in [-0.05, 0) is 26.2 Å². The van der Waals surface area contributed by atoms with Crippen LogP contribution in [0.25, 0.3) is 0 Å². The van der Waals surface area contributed by atoms with Crippen molar-refractivity contribution in [2.75, 3.05) is 67.6 Å². The van der Waals surface area contributed by atoms with Crippen molar-refractivity contribution >= 4 is 35.7 Å². The summed E-state index contributed by atoms with van der Waals surface area (Å²) in [6.07, 6.45) is 1.53. The maximum absolute atomic E-state index is 12.8. The minimum atomic E-state index is -0.864. The summed E-state index contributed by atoms with van der Waals surface area (Å²) in [5.74, 6) is -3.73. The summed E-state index contributed by atoms with van der Waals surface area (Å²) in [6.45, 7) is 7.51. The molecule has 0 aromatic carbocycles. The highest BCUT2D eigenvalue weighted by molar-refractivity contribution is 6.01. The summed E-state index contributed by atoms with van der Waals surface area (Å²) in [4.78, 5) is 76.4. The number of aliphatic carboxylic acids is 1. The Bertz CT molecular complexity index is 949. The Hall–Kier alpha value is -3.06. The number of esters is 2. The molecule has 13 nitrogen and oxygen atoms in total. The predicted molar refractivity (Wildman–Crippen MR) is 146 cm³/mol. The van der Waals surface area contributed by atoms with E-state index in [4.69, 9.17) is 19.4 Å². The summed E-state index contributed by atoms with van der Waals surface area (Å²) in [7, 11) is 7.50. The van der Waals surface area contributed by atoms with E-state index in [0.29, 0.717) is 59.5 Å². The molecule has 2 atom stereocenters. The van der Waals surface area contributed by atoms with E-state index in [1.165, 1.54) is 0 Å². The summed E-state index contributed by atoms with van der Waals surface area (Å²) in [5, 5.41) is 9.41. The van der Waals surface area contributed by atoms with Crippen molar-refractivity contribution in [2.45, 2.75) is 65.7 Å². The van der Waals surface area contributed by atoms with Crippen LogP contribution in [0.5, 0.6) is 0 Å². The van der Waals surface area contributed by atoms with Crippen LogP contribution in [0.15, 0.2) is 0 Å². The first-order valence-electron chi connectivity index (χ1n) is 14.2. The van der Waals surface area contributed by atoms with Gasteiger partial charge in [0.1, 0.15) is 26.3 Å². The zero-order valence-electron chi connectivity index (χ0n) is 25.7. The number of hydrogen-bond donors (Lipinski definition) is 1. The number of carboxylic acid groups (broad SMARTS) is 1. The fourth-order valence-electron chi connectivity index (χ4n) is 3.99. The molecule has 0 radical (unpaired) electrons. The molecule has 1 rings (SSSR count). The molecule has 1 fully saturated rings.